The summed E-state index contributed by atoms with van der Waals surface area (Å²) in [6, 6.07) is 6.61. The van der Waals surface area contributed by atoms with Crippen LogP contribution in [-0.4, -0.2) is 71.4 Å². The van der Waals surface area contributed by atoms with E-state index in [1.165, 1.54) is 13.4 Å². The van der Waals surface area contributed by atoms with Gasteiger partial charge in [0.25, 0.3) is 0 Å². The van der Waals surface area contributed by atoms with Gasteiger partial charge in [0.1, 0.15) is 30.0 Å². The lowest BCUT2D eigenvalue weighted by atomic mass is 9.85. The van der Waals surface area contributed by atoms with E-state index in [-0.39, 0.29) is 30.1 Å². The number of benzene rings is 2. The fourth-order valence-corrected chi connectivity index (χ4v) is 5.26. The number of rotatable bonds is 9. The smallest absolute Gasteiger partial charge is 0.247 e. The molecule has 0 bridgehead atoms. The molecule has 1 fully saturated rings. The van der Waals surface area contributed by atoms with E-state index in [2.05, 4.69) is 31.2 Å². The molecule has 0 spiro atoms. The molecule has 1 aliphatic heterocycles. The third-order valence-corrected chi connectivity index (χ3v) is 8.30. The van der Waals surface area contributed by atoms with Gasteiger partial charge in [-0.25, -0.2) is 9.97 Å². The van der Waals surface area contributed by atoms with Gasteiger partial charge in [0, 0.05) is 18.0 Å². The molecule has 44 heavy (non-hydrogen) atoms. The van der Waals surface area contributed by atoms with Gasteiger partial charge in [0.05, 0.1) is 40.1 Å². The standard InChI is InChI=1S/C30H37Cl2N7O4.ClH/c1-16(33-5)27(40)38-25(30(2,3)4)29(42)39-12-8-11-22(39)28(41)37-21-13-17-20(14-23(21)43-6)34-15-35-26(17)36-19-10-7-9-18(31)24(19)32;/h7,9-10,13-16,22,25,33H,8,11-12H2,1-6H3,(H,37,41)(H,38,40)(H,34,35,36);1H/t16-,22-,25+;/m0./s1. The third kappa shape index (κ3) is 7.63. The second-order valence-corrected chi connectivity index (χ2v) is 12.3. The lowest BCUT2D eigenvalue weighted by Gasteiger charge is -2.36. The number of ether oxygens (including phenoxy) is 1. The highest BCUT2D eigenvalue weighted by Gasteiger charge is 2.42. The van der Waals surface area contributed by atoms with Gasteiger partial charge in [-0.1, -0.05) is 50.0 Å². The average molecular weight is 667 g/mol. The summed E-state index contributed by atoms with van der Waals surface area (Å²) >= 11 is 12.6. The monoisotopic (exact) mass is 665 g/mol. The van der Waals surface area contributed by atoms with E-state index < -0.39 is 23.5 Å². The van der Waals surface area contributed by atoms with Crippen molar-refractivity contribution in [2.75, 3.05) is 31.3 Å². The Labute approximate surface area is 273 Å². The second kappa shape index (κ2) is 14.6. The summed E-state index contributed by atoms with van der Waals surface area (Å²) < 4.78 is 5.58. The van der Waals surface area contributed by atoms with Gasteiger partial charge in [0.15, 0.2) is 0 Å². The number of carbonyl (C=O) groups excluding carboxylic acids is 3. The first-order chi connectivity index (χ1) is 20.3. The molecule has 0 saturated carbocycles. The predicted molar refractivity (Wildman–Crippen MR) is 176 cm³/mol. The lowest BCUT2D eigenvalue weighted by molar-refractivity contribution is -0.143. The number of hydrogen-bond acceptors (Lipinski definition) is 8. The van der Waals surface area contributed by atoms with Gasteiger partial charge < -0.3 is 30.9 Å². The zero-order chi connectivity index (χ0) is 31.5. The van der Waals surface area contributed by atoms with Crippen molar-refractivity contribution >= 4 is 81.4 Å². The van der Waals surface area contributed by atoms with Gasteiger partial charge >= 0.3 is 0 Å². The van der Waals surface area contributed by atoms with Crippen LogP contribution >= 0.6 is 35.6 Å². The minimum Gasteiger partial charge on any atom is -0.494 e. The molecule has 1 aliphatic rings. The molecule has 3 atom stereocenters. The number of fused-ring (bicyclic) bond motifs is 1. The number of anilines is 3. The molecule has 0 unspecified atom stereocenters. The quantitative estimate of drug-likeness (QED) is 0.245. The first-order valence-corrected chi connectivity index (χ1v) is 14.7. The summed E-state index contributed by atoms with van der Waals surface area (Å²) in [7, 11) is 3.18. The van der Waals surface area contributed by atoms with E-state index >= 15 is 0 Å². The average Bonchev–Trinajstić information content (AvgIpc) is 3.47. The molecule has 0 radical (unpaired) electrons. The van der Waals surface area contributed by atoms with Gasteiger partial charge in [-0.05, 0) is 50.4 Å². The molecule has 4 N–H and O–H groups in total. The van der Waals surface area contributed by atoms with Crippen molar-refractivity contribution in [3.63, 3.8) is 0 Å². The highest BCUT2D eigenvalue weighted by Crippen LogP contribution is 2.36. The summed E-state index contributed by atoms with van der Waals surface area (Å²) in [6.07, 6.45) is 2.54. The number of amides is 3. The Morgan fingerprint density at radius 3 is 2.50 bits per heavy atom. The van der Waals surface area contributed by atoms with Crippen LogP contribution in [0.5, 0.6) is 5.75 Å². The topological polar surface area (TPSA) is 138 Å². The maximum Gasteiger partial charge on any atom is 0.247 e. The summed E-state index contributed by atoms with van der Waals surface area (Å²) in [5.74, 6) is -0.115. The second-order valence-electron chi connectivity index (χ2n) is 11.5. The maximum atomic E-state index is 13.8. The summed E-state index contributed by atoms with van der Waals surface area (Å²) in [4.78, 5) is 50.5. The number of hydrogen-bond donors (Lipinski definition) is 4. The Morgan fingerprint density at radius 2 is 1.84 bits per heavy atom. The van der Waals surface area contributed by atoms with Gasteiger partial charge in [-0.3, -0.25) is 14.4 Å². The Kier molecular flexibility index (Phi) is 11.6. The summed E-state index contributed by atoms with van der Waals surface area (Å²) in [5, 5.41) is 13.2. The molecule has 3 amide bonds. The van der Waals surface area contributed by atoms with Crippen LogP contribution < -0.4 is 26.0 Å². The number of likely N-dealkylation sites (N-methyl/N-ethyl adjacent to an activating group) is 1. The number of likely N-dealkylation sites (tertiary alicyclic amines) is 1. The lowest BCUT2D eigenvalue weighted by Crippen LogP contribution is -2.59. The van der Waals surface area contributed by atoms with Gasteiger partial charge in [-0.15, -0.1) is 12.4 Å². The molecule has 0 aliphatic carbocycles. The number of nitrogens with zero attached hydrogens (tertiary/aromatic N) is 3. The molecular formula is C30H38Cl3N7O4. The molecule has 2 heterocycles. The molecule has 2 aromatic carbocycles. The van der Waals surface area contributed by atoms with Crippen LogP contribution in [0.25, 0.3) is 10.9 Å². The molecule has 14 heteroatoms. The minimum absolute atomic E-state index is 0. The van der Waals surface area contributed by atoms with Crippen molar-refractivity contribution in [2.24, 2.45) is 5.41 Å². The molecule has 11 nitrogen and oxygen atoms in total. The normalized spacial score (nSPS) is 16.1. The summed E-state index contributed by atoms with van der Waals surface area (Å²) in [6.45, 7) is 7.77. The highest BCUT2D eigenvalue weighted by atomic mass is 35.5. The molecule has 4 rings (SSSR count). The summed E-state index contributed by atoms with van der Waals surface area (Å²) in [5.41, 5.74) is 0.932. The van der Waals surface area contributed by atoms with Crippen molar-refractivity contribution in [2.45, 2.75) is 58.7 Å². The van der Waals surface area contributed by atoms with E-state index in [1.54, 1.807) is 49.2 Å². The zero-order valence-corrected chi connectivity index (χ0v) is 27.8. The van der Waals surface area contributed by atoms with E-state index in [9.17, 15) is 14.4 Å². The Morgan fingerprint density at radius 1 is 1.11 bits per heavy atom. The third-order valence-electron chi connectivity index (χ3n) is 7.48. The Bertz CT molecular complexity index is 1530. The van der Waals surface area contributed by atoms with Crippen molar-refractivity contribution < 1.29 is 19.1 Å². The Balaban J connectivity index is 0.00000529. The zero-order valence-electron chi connectivity index (χ0n) is 25.5. The van der Waals surface area contributed by atoms with Crippen LogP contribution in [0.15, 0.2) is 36.7 Å². The van der Waals surface area contributed by atoms with E-state index in [4.69, 9.17) is 27.9 Å². The molecular weight excluding hydrogens is 629 g/mol. The Hall–Kier alpha value is -3.38. The number of aromatic nitrogens is 2. The minimum atomic E-state index is -0.816. The van der Waals surface area contributed by atoms with Crippen LogP contribution in [0.3, 0.4) is 0 Å². The van der Waals surface area contributed by atoms with Gasteiger partial charge in [-0.2, -0.15) is 0 Å². The van der Waals surface area contributed by atoms with E-state index in [0.717, 1.165) is 0 Å². The van der Waals surface area contributed by atoms with E-state index in [1.807, 2.05) is 20.8 Å². The number of carbonyl (C=O) groups is 3. The molecule has 3 aromatic rings. The largest absolute Gasteiger partial charge is 0.494 e. The highest BCUT2D eigenvalue weighted by molar-refractivity contribution is 6.43. The predicted octanol–water partition coefficient (Wildman–Crippen LogP) is 5.18. The fraction of sp³-hybridized carbons (Fsp3) is 0.433. The van der Waals surface area contributed by atoms with Gasteiger partial charge in [0.2, 0.25) is 17.7 Å². The first kappa shape index (κ1) is 35.1. The number of halogens is 3. The molecule has 238 valence electrons. The SMILES string of the molecule is CN[C@@H](C)C(=O)N[C@H](C(=O)N1CCC[C@H]1C(=O)Nc1cc2c(Nc3cccc(Cl)c3Cl)ncnc2cc1OC)C(C)(C)C.Cl. The number of nitrogens with one attached hydrogen (secondary N) is 4. The van der Waals surface area contributed by atoms with Crippen LogP contribution in [0, 0.1) is 5.41 Å². The first-order valence-electron chi connectivity index (χ1n) is 14.0. The van der Waals surface area contributed by atoms with E-state index in [0.29, 0.717) is 63.3 Å². The molecule has 1 aromatic heterocycles. The van der Waals surface area contributed by atoms with Crippen LogP contribution in [-0.2, 0) is 14.4 Å². The van der Waals surface area contributed by atoms with Crippen molar-refractivity contribution in [1.29, 1.82) is 0 Å². The van der Waals surface area contributed by atoms with Crippen LogP contribution in [0.1, 0.15) is 40.5 Å². The fourth-order valence-electron chi connectivity index (χ4n) is 4.91. The van der Waals surface area contributed by atoms with Crippen molar-refractivity contribution in [3.05, 3.63) is 46.7 Å². The maximum absolute atomic E-state index is 13.8. The van der Waals surface area contributed by atoms with Crippen LogP contribution in [0.2, 0.25) is 10.0 Å². The van der Waals surface area contributed by atoms with Crippen LogP contribution in [0.4, 0.5) is 17.2 Å². The number of methoxy groups -OCH3 is 1. The molecule has 1 saturated heterocycles. The van der Waals surface area contributed by atoms with Crippen molar-refractivity contribution in [1.82, 2.24) is 25.5 Å². The van der Waals surface area contributed by atoms with Crippen molar-refractivity contribution in [3.8, 4) is 5.75 Å².